The van der Waals surface area contributed by atoms with Crippen molar-refractivity contribution in [3.63, 3.8) is 0 Å². The summed E-state index contributed by atoms with van der Waals surface area (Å²) in [6.45, 7) is 4.12. The molecule has 1 N–H and O–H groups in total. The summed E-state index contributed by atoms with van der Waals surface area (Å²) in [7, 11) is 0. The maximum Gasteiger partial charge on any atom is 0.126 e. The highest BCUT2D eigenvalue weighted by Gasteiger charge is 2.25. The van der Waals surface area contributed by atoms with E-state index in [1.807, 2.05) is 0 Å². The Morgan fingerprint density at radius 2 is 1.75 bits per heavy atom. The van der Waals surface area contributed by atoms with Crippen LogP contribution in [0.3, 0.4) is 0 Å². The second-order valence-corrected chi connectivity index (χ2v) is 5.91. The summed E-state index contributed by atoms with van der Waals surface area (Å²) in [5.74, 6) is -0.133. The molecule has 0 amide bonds. The molecule has 0 heterocycles. The predicted octanol–water partition coefficient (Wildman–Crippen LogP) is 4.63. The summed E-state index contributed by atoms with van der Waals surface area (Å²) in [5.41, 5.74) is 0.840. The second-order valence-electron chi connectivity index (χ2n) is 5.91. The predicted molar refractivity (Wildman–Crippen MR) is 78.8 cm³/mol. The normalized spacial score (nSPS) is 23.6. The van der Waals surface area contributed by atoms with E-state index in [0.29, 0.717) is 5.92 Å². The summed E-state index contributed by atoms with van der Waals surface area (Å²) in [4.78, 5) is 0. The third-order valence-corrected chi connectivity index (χ3v) is 4.31. The first kappa shape index (κ1) is 15.4. The van der Waals surface area contributed by atoms with Crippen LogP contribution < -0.4 is 5.32 Å². The lowest BCUT2D eigenvalue weighted by atomic mass is 9.82. The minimum atomic E-state index is -0.454. The third kappa shape index (κ3) is 4.27. The fourth-order valence-electron chi connectivity index (χ4n) is 3.32. The number of rotatable bonds is 5. The van der Waals surface area contributed by atoms with Crippen molar-refractivity contribution in [1.82, 2.24) is 5.32 Å². The number of benzene rings is 1. The Morgan fingerprint density at radius 3 is 2.45 bits per heavy atom. The van der Waals surface area contributed by atoms with Gasteiger partial charge in [0.1, 0.15) is 11.6 Å². The minimum Gasteiger partial charge on any atom is -0.316 e. The van der Waals surface area contributed by atoms with E-state index in [-0.39, 0.29) is 5.92 Å². The van der Waals surface area contributed by atoms with Gasteiger partial charge in [-0.05, 0) is 61.9 Å². The Kier molecular flexibility index (Phi) is 5.96. The smallest absolute Gasteiger partial charge is 0.126 e. The van der Waals surface area contributed by atoms with Crippen molar-refractivity contribution in [1.29, 1.82) is 0 Å². The molecule has 0 radical (unpaired) electrons. The van der Waals surface area contributed by atoms with Crippen LogP contribution in [0.2, 0.25) is 0 Å². The van der Waals surface area contributed by atoms with Crippen LogP contribution in [0.15, 0.2) is 18.2 Å². The lowest BCUT2D eigenvalue weighted by molar-refractivity contribution is 0.373. The molecule has 1 aromatic carbocycles. The van der Waals surface area contributed by atoms with Crippen LogP contribution in [0, 0.1) is 17.6 Å². The maximum atomic E-state index is 13.5. The van der Waals surface area contributed by atoms with Crippen molar-refractivity contribution < 1.29 is 8.78 Å². The zero-order chi connectivity index (χ0) is 14.4. The van der Waals surface area contributed by atoms with Gasteiger partial charge in [-0.3, -0.25) is 0 Å². The molecule has 3 heteroatoms. The molecular formula is C17H25F2N. The van der Waals surface area contributed by atoms with Gasteiger partial charge in [-0.25, -0.2) is 8.78 Å². The van der Waals surface area contributed by atoms with Gasteiger partial charge in [0.25, 0.3) is 0 Å². The molecule has 1 saturated carbocycles. The Balaban J connectivity index is 2.14. The van der Waals surface area contributed by atoms with Gasteiger partial charge < -0.3 is 5.32 Å². The van der Waals surface area contributed by atoms with E-state index in [1.165, 1.54) is 25.0 Å². The highest BCUT2D eigenvalue weighted by atomic mass is 19.1. The molecule has 1 aromatic rings. The van der Waals surface area contributed by atoms with Gasteiger partial charge in [-0.1, -0.05) is 26.2 Å². The molecule has 0 aliphatic heterocycles. The SMILES string of the molecule is CCCNCC1CCCCCC1c1cc(F)cc(F)c1. The first-order valence-corrected chi connectivity index (χ1v) is 7.87. The van der Waals surface area contributed by atoms with Crippen molar-refractivity contribution in [3.8, 4) is 0 Å². The molecule has 1 aliphatic carbocycles. The molecule has 1 nitrogen and oxygen atoms in total. The third-order valence-electron chi connectivity index (χ3n) is 4.31. The van der Waals surface area contributed by atoms with Crippen LogP contribution >= 0.6 is 0 Å². The van der Waals surface area contributed by atoms with E-state index in [2.05, 4.69) is 12.2 Å². The molecule has 0 spiro atoms. The van der Waals surface area contributed by atoms with Gasteiger partial charge in [-0.15, -0.1) is 0 Å². The van der Waals surface area contributed by atoms with Crippen molar-refractivity contribution >= 4 is 0 Å². The van der Waals surface area contributed by atoms with Crippen molar-refractivity contribution in [2.45, 2.75) is 51.4 Å². The van der Waals surface area contributed by atoms with E-state index in [1.54, 1.807) is 0 Å². The summed E-state index contributed by atoms with van der Waals surface area (Å²) < 4.78 is 26.9. The minimum absolute atomic E-state index is 0.284. The zero-order valence-electron chi connectivity index (χ0n) is 12.3. The molecule has 20 heavy (non-hydrogen) atoms. The van der Waals surface area contributed by atoms with E-state index in [9.17, 15) is 8.78 Å². The van der Waals surface area contributed by atoms with Gasteiger partial charge in [0.15, 0.2) is 0 Å². The van der Waals surface area contributed by atoms with Crippen LogP contribution in [0.1, 0.15) is 56.9 Å². The summed E-state index contributed by atoms with van der Waals surface area (Å²) in [5, 5.41) is 3.47. The standard InChI is InChI=1S/C17H25F2N/c1-2-8-20-12-13-6-4-3-5-7-17(13)14-9-15(18)11-16(19)10-14/h9-11,13,17,20H,2-8,12H2,1H3. The highest BCUT2D eigenvalue weighted by Crippen LogP contribution is 2.36. The number of hydrogen-bond acceptors (Lipinski definition) is 1. The summed E-state index contributed by atoms with van der Waals surface area (Å²) in [6, 6.07) is 4.00. The van der Waals surface area contributed by atoms with Crippen LogP contribution in [0.4, 0.5) is 8.78 Å². The van der Waals surface area contributed by atoms with E-state index in [0.717, 1.165) is 50.4 Å². The molecular weight excluding hydrogens is 256 g/mol. The zero-order valence-corrected chi connectivity index (χ0v) is 12.3. The Labute approximate surface area is 120 Å². The Morgan fingerprint density at radius 1 is 1.05 bits per heavy atom. The molecule has 0 bridgehead atoms. The van der Waals surface area contributed by atoms with E-state index in [4.69, 9.17) is 0 Å². The highest BCUT2D eigenvalue weighted by molar-refractivity contribution is 5.23. The van der Waals surface area contributed by atoms with Gasteiger partial charge in [0.05, 0.1) is 0 Å². The second kappa shape index (κ2) is 7.72. The average molecular weight is 281 g/mol. The number of halogens is 2. The topological polar surface area (TPSA) is 12.0 Å². The van der Waals surface area contributed by atoms with Gasteiger partial charge in [0, 0.05) is 6.07 Å². The monoisotopic (exact) mass is 281 g/mol. The van der Waals surface area contributed by atoms with Gasteiger partial charge in [0.2, 0.25) is 0 Å². The first-order chi connectivity index (χ1) is 9.70. The van der Waals surface area contributed by atoms with Crippen molar-refractivity contribution in [2.75, 3.05) is 13.1 Å². The number of nitrogens with one attached hydrogen (secondary N) is 1. The lowest BCUT2D eigenvalue weighted by Gasteiger charge is -2.26. The molecule has 112 valence electrons. The molecule has 0 aromatic heterocycles. The van der Waals surface area contributed by atoms with E-state index < -0.39 is 11.6 Å². The van der Waals surface area contributed by atoms with Crippen LogP contribution in [0.5, 0.6) is 0 Å². The largest absolute Gasteiger partial charge is 0.316 e. The summed E-state index contributed by atoms with van der Waals surface area (Å²) >= 11 is 0. The average Bonchev–Trinajstić information content (AvgIpc) is 2.63. The Hall–Kier alpha value is -0.960. The first-order valence-electron chi connectivity index (χ1n) is 7.87. The fourth-order valence-corrected chi connectivity index (χ4v) is 3.32. The van der Waals surface area contributed by atoms with Crippen LogP contribution in [-0.2, 0) is 0 Å². The molecule has 2 rings (SSSR count). The Bertz CT molecular complexity index is 399. The van der Waals surface area contributed by atoms with Gasteiger partial charge in [-0.2, -0.15) is 0 Å². The molecule has 1 aliphatic rings. The maximum absolute atomic E-state index is 13.5. The molecule has 0 saturated heterocycles. The lowest BCUT2D eigenvalue weighted by Crippen LogP contribution is -2.27. The van der Waals surface area contributed by atoms with Gasteiger partial charge >= 0.3 is 0 Å². The fraction of sp³-hybridized carbons (Fsp3) is 0.647. The molecule has 2 atom stereocenters. The molecule has 1 fully saturated rings. The van der Waals surface area contributed by atoms with E-state index >= 15 is 0 Å². The van der Waals surface area contributed by atoms with Crippen LogP contribution in [-0.4, -0.2) is 13.1 Å². The summed E-state index contributed by atoms with van der Waals surface area (Å²) in [6.07, 6.45) is 6.94. The van der Waals surface area contributed by atoms with Crippen molar-refractivity contribution in [2.24, 2.45) is 5.92 Å². The molecule has 2 unspecified atom stereocenters. The van der Waals surface area contributed by atoms with Crippen LogP contribution in [0.25, 0.3) is 0 Å². The van der Waals surface area contributed by atoms with Crippen molar-refractivity contribution in [3.05, 3.63) is 35.4 Å². The number of hydrogen-bond donors (Lipinski definition) is 1. The quantitative estimate of drug-likeness (QED) is 0.613.